The van der Waals surface area contributed by atoms with Crippen LogP contribution in [0.1, 0.15) is 51.2 Å². The fourth-order valence-electron chi connectivity index (χ4n) is 3.14. The Kier molecular flexibility index (Phi) is 3.91. The Hall–Kier alpha value is -1.02. The predicted octanol–water partition coefficient (Wildman–Crippen LogP) is 3.68. The van der Waals surface area contributed by atoms with Crippen LogP contribution in [0.25, 0.3) is 0 Å². The SMILES string of the molecule is Cc1cccc(C(C)C)c1N1CCC(N)C(C)(C)C1. The molecule has 1 unspecified atom stereocenters. The third kappa shape index (κ3) is 2.79. The first-order chi connectivity index (χ1) is 8.83. The van der Waals surface area contributed by atoms with Crippen molar-refractivity contribution in [1.29, 1.82) is 0 Å². The molecule has 1 fully saturated rings. The predicted molar refractivity (Wildman–Crippen MR) is 83.9 cm³/mol. The van der Waals surface area contributed by atoms with E-state index in [9.17, 15) is 0 Å². The lowest BCUT2D eigenvalue weighted by atomic mass is 9.79. The molecule has 1 aliphatic rings. The summed E-state index contributed by atoms with van der Waals surface area (Å²) in [6, 6.07) is 6.99. The van der Waals surface area contributed by atoms with Gasteiger partial charge in [0.2, 0.25) is 0 Å². The zero-order valence-corrected chi connectivity index (χ0v) is 13.0. The molecule has 2 rings (SSSR count). The van der Waals surface area contributed by atoms with Crippen LogP contribution in [-0.2, 0) is 0 Å². The van der Waals surface area contributed by atoms with E-state index in [1.54, 1.807) is 0 Å². The molecule has 1 aliphatic heterocycles. The maximum atomic E-state index is 6.26. The molecule has 2 N–H and O–H groups in total. The van der Waals surface area contributed by atoms with E-state index in [-0.39, 0.29) is 5.41 Å². The lowest BCUT2D eigenvalue weighted by Gasteiger charge is -2.45. The summed E-state index contributed by atoms with van der Waals surface area (Å²) < 4.78 is 0. The first-order valence-electron chi connectivity index (χ1n) is 7.43. The molecule has 19 heavy (non-hydrogen) atoms. The van der Waals surface area contributed by atoms with Crippen LogP contribution in [0.2, 0.25) is 0 Å². The summed E-state index contributed by atoms with van der Waals surface area (Å²) in [5, 5.41) is 0. The van der Waals surface area contributed by atoms with Gasteiger partial charge < -0.3 is 10.6 Å². The fourth-order valence-corrected chi connectivity index (χ4v) is 3.14. The highest BCUT2D eigenvalue weighted by molar-refractivity contribution is 5.61. The van der Waals surface area contributed by atoms with Crippen molar-refractivity contribution in [1.82, 2.24) is 0 Å². The molecule has 1 heterocycles. The van der Waals surface area contributed by atoms with Crippen LogP contribution in [-0.4, -0.2) is 19.1 Å². The zero-order chi connectivity index (χ0) is 14.2. The fraction of sp³-hybridized carbons (Fsp3) is 0.647. The van der Waals surface area contributed by atoms with E-state index in [0.717, 1.165) is 19.5 Å². The van der Waals surface area contributed by atoms with Crippen LogP contribution >= 0.6 is 0 Å². The Bertz CT molecular complexity index is 449. The summed E-state index contributed by atoms with van der Waals surface area (Å²) in [6.45, 7) is 13.5. The highest BCUT2D eigenvalue weighted by Gasteiger charge is 2.34. The summed E-state index contributed by atoms with van der Waals surface area (Å²) in [7, 11) is 0. The largest absolute Gasteiger partial charge is 0.370 e. The van der Waals surface area contributed by atoms with E-state index >= 15 is 0 Å². The molecule has 2 heteroatoms. The van der Waals surface area contributed by atoms with E-state index in [0.29, 0.717) is 12.0 Å². The maximum absolute atomic E-state index is 6.26. The number of benzene rings is 1. The smallest absolute Gasteiger partial charge is 0.0431 e. The summed E-state index contributed by atoms with van der Waals surface area (Å²) in [4.78, 5) is 2.55. The second kappa shape index (κ2) is 5.16. The van der Waals surface area contributed by atoms with Crippen LogP contribution < -0.4 is 10.6 Å². The van der Waals surface area contributed by atoms with Crippen molar-refractivity contribution in [3.8, 4) is 0 Å². The van der Waals surface area contributed by atoms with Gasteiger partial charge in [0.1, 0.15) is 0 Å². The van der Waals surface area contributed by atoms with Crippen LogP contribution in [0.4, 0.5) is 5.69 Å². The summed E-state index contributed by atoms with van der Waals surface area (Å²) in [5.74, 6) is 0.564. The summed E-state index contributed by atoms with van der Waals surface area (Å²) in [5.41, 5.74) is 10.7. The summed E-state index contributed by atoms with van der Waals surface area (Å²) >= 11 is 0. The van der Waals surface area contributed by atoms with Gasteiger partial charge in [-0.25, -0.2) is 0 Å². The lowest BCUT2D eigenvalue weighted by Crippen LogP contribution is -2.52. The third-order valence-corrected chi connectivity index (χ3v) is 4.52. The van der Waals surface area contributed by atoms with Crippen molar-refractivity contribution in [3.05, 3.63) is 29.3 Å². The molecular formula is C17H28N2. The molecule has 106 valence electrons. The number of nitrogens with zero attached hydrogens (tertiary/aromatic N) is 1. The third-order valence-electron chi connectivity index (χ3n) is 4.52. The van der Waals surface area contributed by atoms with Gasteiger partial charge in [-0.15, -0.1) is 0 Å². The van der Waals surface area contributed by atoms with Crippen molar-refractivity contribution in [3.63, 3.8) is 0 Å². The Morgan fingerprint density at radius 1 is 1.32 bits per heavy atom. The van der Waals surface area contributed by atoms with Crippen molar-refractivity contribution < 1.29 is 0 Å². The van der Waals surface area contributed by atoms with Crippen molar-refractivity contribution in [2.45, 2.75) is 53.0 Å². The molecule has 0 amide bonds. The average Bonchev–Trinajstić information content (AvgIpc) is 2.32. The molecule has 0 saturated carbocycles. The van der Waals surface area contributed by atoms with Gasteiger partial charge in [0, 0.05) is 24.8 Å². The van der Waals surface area contributed by atoms with Gasteiger partial charge in [-0.3, -0.25) is 0 Å². The zero-order valence-electron chi connectivity index (χ0n) is 13.0. The second-order valence-corrected chi connectivity index (χ2v) is 6.97. The van der Waals surface area contributed by atoms with Gasteiger partial charge >= 0.3 is 0 Å². The number of para-hydroxylation sites is 1. The number of nitrogens with two attached hydrogens (primary N) is 1. The van der Waals surface area contributed by atoms with Crippen LogP contribution in [0.3, 0.4) is 0 Å². The topological polar surface area (TPSA) is 29.3 Å². The first-order valence-corrected chi connectivity index (χ1v) is 7.43. The second-order valence-electron chi connectivity index (χ2n) is 6.97. The molecule has 1 atom stereocenters. The lowest BCUT2D eigenvalue weighted by molar-refractivity contribution is 0.245. The molecule has 1 saturated heterocycles. The molecular weight excluding hydrogens is 232 g/mol. The molecule has 1 aromatic carbocycles. The van der Waals surface area contributed by atoms with E-state index in [2.05, 4.69) is 57.7 Å². The molecule has 0 bridgehead atoms. The highest BCUT2D eigenvalue weighted by Crippen LogP contribution is 2.36. The van der Waals surface area contributed by atoms with E-state index < -0.39 is 0 Å². The number of aryl methyl sites for hydroxylation is 1. The van der Waals surface area contributed by atoms with E-state index in [4.69, 9.17) is 5.73 Å². The van der Waals surface area contributed by atoms with E-state index in [1.165, 1.54) is 16.8 Å². The standard InChI is InChI=1S/C17H28N2/c1-12(2)14-8-6-7-13(3)16(14)19-10-9-15(18)17(4,5)11-19/h6-8,12,15H,9-11,18H2,1-5H3. The number of rotatable bonds is 2. The van der Waals surface area contributed by atoms with Crippen molar-refractivity contribution in [2.75, 3.05) is 18.0 Å². The molecule has 2 nitrogen and oxygen atoms in total. The molecule has 1 aromatic rings. The summed E-state index contributed by atoms with van der Waals surface area (Å²) in [6.07, 6.45) is 1.08. The molecule has 0 radical (unpaired) electrons. The van der Waals surface area contributed by atoms with Gasteiger partial charge in [0.25, 0.3) is 0 Å². The number of anilines is 1. The average molecular weight is 260 g/mol. The Balaban J connectivity index is 2.37. The molecule has 0 aromatic heterocycles. The van der Waals surface area contributed by atoms with Gasteiger partial charge in [0.15, 0.2) is 0 Å². The minimum Gasteiger partial charge on any atom is -0.370 e. The van der Waals surface area contributed by atoms with Gasteiger partial charge in [0.05, 0.1) is 0 Å². The van der Waals surface area contributed by atoms with Crippen LogP contribution in [0.15, 0.2) is 18.2 Å². The van der Waals surface area contributed by atoms with E-state index in [1.807, 2.05) is 0 Å². The quantitative estimate of drug-likeness (QED) is 0.879. The van der Waals surface area contributed by atoms with Crippen LogP contribution in [0, 0.1) is 12.3 Å². The van der Waals surface area contributed by atoms with Gasteiger partial charge in [-0.2, -0.15) is 0 Å². The Labute approximate surface area is 118 Å². The van der Waals surface area contributed by atoms with Crippen molar-refractivity contribution >= 4 is 5.69 Å². The van der Waals surface area contributed by atoms with Gasteiger partial charge in [-0.05, 0) is 35.8 Å². The van der Waals surface area contributed by atoms with Gasteiger partial charge in [-0.1, -0.05) is 45.9 Å². The highest BCUT2D eigenvalue weighted by atomic mass is 15.2. The Morgan fingerprint density at radius 3 is 2.58 bits per heavy atom. The number of hydrogen-bond donors (Lipinski definition) is 1. The molecule has 0 spiro atoms. The Morgan fingerprint density at radius 2 is 2.00 bits per heavy atom. The number of piperidine rings is 1. The first kappa shape index (κ1) is 14.4. The number of hydrogen-bond acceptors (Lipinski definition) is 2. The minimum atomic E-state index is 0.189. The minimum absolute atomic E-state index is 0.189. The molecule has 0 aliphatic carbocycles. The maximum Gasteiger partial charge on any atom is 0.0431 e. The monoisotopic (exact) mass is 260 g/mol. The van der Waals surface area contributed by atoms with Crippen LogP contribution in [0.5, 0.6) is 0 Å². The van der Waals surface area contributed by atoms with Crippen molar-refractivity contribution in [2.24, 2.45) is 11.1 Å². The normalized spacial score (nSPS) is 22.9.